The Kier molecular flexibility index (Phi) is 4.01. The van der Waals surface area contributed by atoms with Crippen LogP contribution in [0.5, 0.6) is 0 Å². The van der Waals surface area contributed by atoms with Crippen LogP contribution >= 0.6 is 0 Å². The number of benzene rings is 1. The summed E-state index contributed by atoms with van der Waals surface area (Å²) in [4.78, 5) is 0. The van der Waals surface area contributed by atoms with Crippen molar-refractivity contribution in [3.05, 3.63) is 64.3 Å². The first kappa shape index (κ1) is 15.0. The van der Waals surface area contributed by atoms with Crippen LogP contribution in [0.15, 0.2) is 53.1 Å². The average molecular weight is 304 g/mol. The van der Waals surface area contributed by atoms with E-state index in [4.69, 9.17) is 0 Å². The summed E-state index contributed by atoms with van der Waals surface area (Å²) < 4.78 is 0. The monoisotopic (exact) mass is 304 g/mol. The van der Waals surface area contributed by atoms with Crippen molar-refractivity contribution in [2.24, 2.45) is 11.8 Å². The molecule has 1 aromatic carbocycles. The van der Waals surface area contributed by atoms with Gasteiger partial charge < -0.3 is 0 Å². The lowest BCUT2D eigenvalue weighted by molar-refractivity contribution is 0.275. The maximum absolute atomic E-state index is 2.52. The number of allylic oxidation sites excluding steroid dienone is 5. The van der Waals surface area contributed by atoms with E-state index in [0.29, 0.717) is 11.8 Å². The summed E-state index contributed by atoms with van der Waals surface area (Å²) in [7, 11) is 0. The lowest BCUT2D eigenvalue weighted by atomic mass is 9.65. The molecule has 1 fully saturated rings. The molecule has 0 N–H and O–H groups in total. The summed E-state index contributed by atoms with van der Waals surface area (Å²) in [6.45, 7) is 4.60. The van der Waals surface area contributed by atoms with Crippen LogP contribution in [0.25, 0.3) is 6.08 Å². The van der Waals surface area contributed by atoms with Crippen LogP contribution in [-0.2, 0) is 0 Å². The van der Waals surface area contributed by atoms with Crippen molar-refractivity contribution >= 4 is 6.08 Å². The summed E-state index contributed by atoms with van der Waals surface area (Å²) >= 11 is 0. The zero-order valence-corrected chi connectivity index (χ0v) is 14.5. The second kappa shape index (κ2) is 6.15. The van der Waals surface area contributed by atoms with Gasteiger partial charge in [0.2, 0.25) is 0 Å². The third-order valence-electron chi connectivity index (χ3n) is 6.22. The molecule has 2 unspecified atom stereocenters. The van der Waals surface area contributed by atoms with Crippen LogP contribution < -0.4 is 0 Å². The molecule has 4 rings (SSSR count). The van der Waals surface area contributed by atoms with Gasteiger partial charge in [-0.25, -0.2) is 0 Å². The van der Waals surface area contributed by atoms with Crippen molar-refractivity contribution in [3.63, 3.8) is 0 Å². The summed E-state index contributed by atoms with van der Waals surface area (Å²) in [5, 5.41) is 0. The van der Waals surface area contributed by atoms with Crippen LogP contribution in [-0.4, -0.2) is 0 Å². The fraction of sp³-hybridized carbons (Fsp3) is 0.478. The van der Waals surface area contributed by atoms with Gasteiger partial charge in [0.1, 0.15) is 0 Å². The third kappa shape index (κ3) is 2.73. The zero-order chi connectivity index (χ0) is 15.8. The average Bonchev–Trinajstić information content (AvgIpc) is 2.93. The van der Waals surface area contributed by atoms with E-state index in [2.05, 4.69) is 56.3 Å². The molecule has 120 valence electrons. The van der Waals surface area contributed by atoms with Crippen molar-refractivity contribution in [2.75, 3.05) is 0 Å². The highest BCUT2D eigenvalue weighted by Crippen LogP contribution is 2.49. The van der Waals surface area contributed by atoms with E-state index in [-0.39, 0.29) is 0 Å². The third-order valence-corrected chi connectivity index (χ3v) is 6.22. The van der Waals surface area contributed by atoms with Crippen molar-refractivity contribution in [1.29, 1.82) is 0 Å². The van der Waals surface area contributed by atoms with Crippen LogP contribution in [0, 0.1) is 11.8 Å². The van der Waals surface area contributed by atoms with E-state index in [1.807, 2.05) is 0 Å². The first-order chi connectivity index (χ1) is 11.2. The fourth-order valence-corrected chi connectivity index (χ4v) is 5.19. The maximum atomic E-state index is 2.52. The van der Waals surface area contributed by atoms with Crippen LogP contribution in [0.4, 0.5) is 0 Å². The molecule has 0 heterocycles. The molecule has 0 spiro atoms. The molecule has 0 saturated heterocycles. The molecule has 0 radical (unpaired) electrons. The minimum Gasteiger partial charge on any atom is -0.0761 e. The Morgan fingerprint density at radius 3 is 2.48 bits per heavy atom. The number of hydrogen-bond acceptors (Lipinski definition) is 0. The second-order valence-electron chi connectivity index (χ2n) is 7.81. The molecule has 0 aromatic heterocycles. The van der Waals surface area contributed by atoms with Gasteiger partial charge in [0.05, 0.1) is 0 Å². The fourth-order valence-electron chi connectivity index (χ4n) is 5.19. The summed E-state index contributed by atoms with van der Waals surface area (Å²) in [6, 6.07) is 9.13. The Labute approximate surface area is 141 Å². The van der Waals surface area contributed by atoms with Crippen molar-refractivity contribution in [1.82, 2.24) is 0 Å². The second-order valence-corrected chi connectivity index (χ2v) is 7.81. The minimum atomic E-state index is 0.613. The highest BCUT2D eigenvalue weighted by atomic mass is 14.4. The Morgan fingerprint density at radius 1 is 0.957 bits per heavy atom. The number of rotatable bonds is 2. The van der Waals surface area contributed by atoms with Crippen molar-refractivity contribution < 1.29 is 0 Å². The van der Waals surface area contributed by atoms with Gasteiger partial charge in [-0.15, -0.1) is 0 Å². The largest absolute Gasteiger partial charge is 0.0761 e. The van der Waals surface area contributed by atoms with E-state index < -0.39 is 0 Å². The number of hydrogen-bond donors (Lipinski definition) is 0. The quantitative estimate of drug-likeness (QED) is 0.573. The van der Waals surface area contributed by atoms with Gasteiger partial charge in [-0.1, -0.05) is 78.5 Å². The molecule has 0 amide bonds. The smallest absolute Gasteiger partial charge is 0.00606 e. The summed E-state index contributed by atoms with van der Waals surface area (Å²) in [6.07, 6.45) is 15.6. The molecule has 0 heteroatoms. The van der Waals surface area contributed by atoms with E-state index in [0.717, 1.165) is 5.92 Å². The van der Waals surface area contributed by atoms with E-state index in [9.17, 15) is 0 Å². The summed E-state index contributed by atoms with van der Waals surface area (Å²) in [5.74, 6) is 2.17. The van der Waals surface area contributed by atoms with Crippen molar-refractivity contribution in [2.45, 2.75) is 58.3 Å². The van der Waals surface area contributed by atoms with Gasteiger partial charge in [-0.3, -0.25) is 0 Å². The predicted molar refractivity (Wildman–Crippen MR) is 99.4 cm³/mol. The molecule has 2 atom stereocenters. The van der Waals surface area contributed by atoms with Gasteiger partial charge in [-0.05, 0) is 56.1 Å². The molecule has 3 aliphatic rings. The first-order valence-corrected chi connectivity index (χ1v) is 9.38. The van der Waals surface area contributed by atoms with E-state index >= 15 is 0 Å². The Morgan fingerprint density at radius 2 is 1.74 bits per heavy atom. The highest BCUT2D eigenvalue weighted by molar-refractivity contribution is 5.61. The van der Waals surface area contributed by atoms with Crippen LogP contribution in [0.2, 0.25) is 0 Å². The Bertz CT molecular complexity index is 680. The minimum absolute atomic E-state index is 0.613. The Hall–Kier alpha value is -1.56. The standard InChI is InChI=1S/C23H28/c1-16-14-17(2)22(15-16)21-13-12-18-8-6-7-11-20(18)23(21)19-9-4-3-5-10-19/h6-8,11-14,19,21,23H,3-5,9-10,15H2,1-2H3. The highest BCUT2D eigenvalue weighted by Gasteiger charge is 2.36. The molecule has 1 aromatic rings. The molecule has 0 aliphatic heterocycles. The molecular formula is C23H28. The van der Waals surface area contributed by atoms with Gasteiger partial charge in [0.25, 0.3) is 0 Å². The van der Waals surface area contributed by atoms with Gasteiger partial charge >= 0.3 is 0 Å². The van der Waals surface area contributed by atoms with Crippen molar-refractivity contribution in [3.8, 4) is 0 Å². The molecule has 0 bridgehead atoms. The van der Waals surface area contributed by atoms with Gasteiger partial charge in [-0.2, -0.15) is 0 Å². The normalized spacial score (nSPS) is 28.0. The lowest BCUT2D eigenvalue weighted by Crippen LogP contribution is -2.26. The van der Waals surface area contributed by atoms with E-state index in [1.165, 1.54) is 55.2 Å². The topological polar surface area (TPSA) is 0 Å². The SMILES string of the molecule is CC1=CC(C)=C(C2C=Cc3ccccc3C2C2CCCCC2)C1. The van der Waals surface area contributed by atoms with Crippen LogP contribution in [0.1, 0.15) is 69.4 Å². The predicted octanol–water partition coefficient (Wildman–Crippen LogP) is 6.66. The Balaban J connectivity index is 1.75. The first-order valence-electron chi connectivity index (χ1n) is 9.38. The van der Waals surface area contributed by atoms with Crippen LogP contribution in [0.3, 0.4) is 0 Å². The maximum Gasteiger partial charge on any atom is 0.00606 e. The molecule has 3 aliphatic carbocycles. The van der Waals surface area contributed by atoms with E-state index in [1.54, 1.807) is 11.1 Å². The zero-order valence-electron chi connectivity index (χ0n) is 14.5. The number of fused-ring (bicyclic) bond motifs is 1. The molecule has 0 nitrogen and oxygen atoms in total. The van der Waals surface area contributed by atoms with Gasteiger partial charge in [0, 0.05) is 5.92 Å². The van der Waals surface area contributed by atoms with Gasteiger partial charge in [0.15, 0.2) is 0 Å². The lowest BCUT2D eigenvalue weighted by Gasteiger charge is -2.39. The molecule has 23 heavy (non-hydrogen) atoms. The summed E-state index contributed by atoms with van der Waals surface area (Å²) in [5.41, 5.74) is 7.81. The molecular weight excluding hydrogens is 276 g/mol. The molecule has 1 saturated carbocycles.